The molecule has 118 valence electrons. The Kier molecular flexibility index (Phi) is 3.58. The zero-order valence-electron chi connectivity index (χ0n) is 13.4. The van der Waals surface area contributed by atoms with Crippen LogP contribution >= 0.6 is 0 Å². The summed E-state index contributed by atoms with van der Waals surface area (Å²) in [6, 6.07) is 14.5. The molecule has 1 aliphatic carbocycles. The lowest BCUT2D eigenvalue weighted by Gasteiger charge is -2.24. The van der Waals surface area contributed by atoms with Gasteiger partial charge in [-0.25, -0.2) is 0 Å². The third kappa shape index (κ3) is 2.73. The minimum absolute atomic E-state index is 0.319. The number of phenolic OH excluding ortho intramolecular Hbond substituents is 1. The summed E-state index contributed by atoms with van der Waals surface area (Å²) in [5, 5.41) is 14.4. The molecule has 1 heterocycles. The number of benzene rings is 2. The van der Waals surface area contributed by atoms with Gasteiger partial charge in [0, 0.05) is 29.2 Å². The van der Waals surface area contributed by atoms with Crippen LogP contribution in [0.4, 0.5) is 0 Å². The highest BCUT2D eigenvalue weighted by atomic mass is 16.3. The van der Waals surface area contributed by atoms with Gasteiger partial charge in [0.2, 0.25) is 0 Å². The molecule has 1 aliphatic rings. The molecule has 0 fully saturated rings. The van der Waals surface area contributed by atoms with Gasteiger partial charge < -0.3 is 15.4 Å². The van der Waals surface area contributed by atoms with E-state index in [1.807, 2.05) is 12.1 Å². The topological polar surface area (TPSA) is 48.0 Å². The van der Waals surface area contributed by atoms with Crippen molar-refractivity contribution in [2.75, 3.05) is 0 Å². The number of aromatic hydroxyl groups is 1. The smallest absolute Gasteiger partial charge is 0.115 e. The summed E-state index contributed by atoms with van der Waals surface area (Å²) < 4.78 is 0. The van der Waals surface area contributed by atoms with E-state index in [2.05, 4.69) is 35.4 Å². The van der Waals surface area contributed by atoms with Gasteiger partial charge in [0.1, 0.15) is 5.75 Å². The van der Waals surface area contributed by atoms with Crippen LogP contribution in [0, 0.1) is 6.92 Å². The van der Waals surface area contributed by atoms with Crippen LogP contribution in [0.25, 0.3) is 10.9 Å². The van der Waals surface area contributed by atoms with E-state index in [-0.39, 0.29) is 0 Å². The highest BCUT2D eigenvalue weighted by Gasteiger charge is 2.23. The van der Waals surface area contributed by atoms with Crippen molar-refractivity contribution in [3.63, 3.8) is 0 Å². The first-order valence-corrected chi connectivity index (χ1v) is 8.33. The Morgan fingerprint density at radius 3 is 2.83 bits per heavy atom. The highest BCUT2D eigenvalue weighted by Crippen LogP contribution is 2.35. The first kappa shape index (κ1) is 14.3. The largest absolute Gasteiger partial charge is 0.508 e. The number of nitrogens with one attached hydrogen (secondary N) is 2. The van der Waals surface area contributed by atoms with Crippen LogP contribution in [0.5, 0.6) is 5.75 Å². The monoisotopic (exact) mass is 306 g/mol. The molecule has 0 spiro atoms. The maximum absolute atomic E-state index is 9.38. The van der Waals surface area contributed by atoms with Crippen LogP contribution in [0.1, 0.15) is 41.3 Å². The first-order valence-electron chi connectivity index (χ1n) is 8.33. The molecular formula is C20H22N2O. The van der Waals surface area contributed by atoms with Gasteiger partial charge in [-0.3, -0.25) is 0 Å². The third-order valence-electron chi connectivity index (χ3n) is 4.85. The van der Waals surface area contributed by atoms with Gasteiger partial charge >= 0.3 is 0 Å². The average molecular weight is 306 g/mol. The molecule has 23 heavy (non-hydrogen) atoms. The molecule has 4 rings (SSSR count). The van der Waals surface area contributed by atoms with Crippen LogP contribution in [-0.4, -0.2) is 10.1 Å². The third-order valence-corrected chi connectivity index (χ3v) is 4.85. The van der Waals surface area contributed by atoms with E-state index in [9.17, 15) is 5.11 Å². The van der Waals surface area contributed by atoms with Gasteiger partial charge in [-0.1, -0.05) is 23.8 Å². The van der Waals surface area contributed by atoms with Crippen LogP contribution in [-0.2, 0) is 13.0 Å². The Bertz CT molecular complexity index is 833. The lowest BCUT2D eigenvalue weighted by Crippen LogP contribution is -2.24. The standard InChI is InChI=1S/C20H22N2O/c1-13-5-10-18-17(11-13)16-3-2-4-19(20(16)22-18)21-12-14-6-8-15(23)9-7-14/h5-11,19,21-23H,2-4,12H2,1H3. The summed E-state index contributed by atoms with van der Waals surface area (Å²) >= 11 is 0. The van der Waals surface area contributed by atoms with Crippen LogP contribution in [0.3, 0.4) is 0 Å². The van der Waals surface area contributed by atoms with E-state index in [4.69, 9.17) is 0 Å². The second kappa shape index (κ2) is 5.74. The summed E-state index contributed by atoms with van der Waals surface area (Å²) in [7, 11) is 0. The van der Waals surface area contributed by atoms with Crippen molar-refractivity contribution in [3.05, 3.63) is 64.8 Å². The minimum Gasteiger partial charge on any atom is -0.508 e. The van der Waals surface area contributed by atoms with E-state index in [1.54, 1.807) is 12.1 Å². The van der Waals surface area contributed by atoms with Gasteiger partial charge in [-0.2, -0.15) is 0 Å². The van der Waals surface area contributed by atoms with Crippen LogP contribution < -0.4 is 5.32 Å². The summed E-state index contributed by atoms with van der Waals surface area (Å²) in [6.45, 7) is 2.97. The second-order valence-corrected chi connectivity index (χ2v) is 6.56. The van der Waals surface area contributed by atoms with Crippen molar-refractivity contribution in [2.45, 2.75) is 38.8 Å². The number of fused-ring (bicyclic) bond motifs is 3. The van der Waals surface area contributed by atoms with Gasteiger partial charge in [-0.15, -0.1) is 0 Å². The SMILES string of the molecule is Cc1ccc2[nH]c3c(c2c1)CCCC3NCc1ccc(O)cc1. The van der Waals surface area contributed by atoms with Crippen LogP contribution in [0.15, 0.2) is 42.5 Å². The Morgan fingerprint density at radius 2 is 2.00 bits per heavy atom. The summed E-state index contributed by atoms with van der Waals surface area (Å²) in [5.41, 5.74) is 6.60. The van der Waals surface area contributed by atoms with Crippen molar-refractivity contribution >= 4 is 10.9 Å². The fourth-order valence-corrected chi connectivity index (χ4v) is 3.64. The van der Waals surface area contributed by atoms with Gasteiger partial charge in [0.05, 0.1) is 0 Å². The fourth-order valence-electron chi connectivity index (χ4n) is 3.64. The zero-order chi connectivity index (χ0) is 15.8. The van der Waals surface area contributed by atoms with Crippen molar-refractivity contribution < 1.29 is 5.11 Å². The predicted molar refractivity (Wildman–Crippen MR) is 93.7 cm³/mol. The van der Waals surface area contributed by atoms with E-state index in [0.717, 1.165) is 19.4 Å². The van der Waals surface area contributed by atoms with Crippen molar-refractivity contribution in [2.24, 2.45) is 0 Å². The molecule has 3 nitrogen and oxygen atoms in total. The Hall–Kier alpha value is -2.26. The number of phenols is 1. The molecular weight excluding hydrogens is 284 g/mol. The molecule has 2 aromatic carbocycles. The molecule has 3 heteroatoms. The zero-order valence-corrected chi connectivity index (χ0v) is 13.4. The first-order chi connectivity index (χ1) is 11.2. The second-order valence-electron chi connectivity index (χ2n) is 6.56. The van der Waals surface area contributed by atoms with E-state index in [0.29, 0.717) is 11.8 Å². The van der Waals surface area contributed by atoms with E-state index >= 15 is 0 Å². The number of aromatic amines is 1. The number of hydrogen-bond acceptors (Lipinski definition) is 2. The molecule has 1 aromatic heterocycles. The van der Waals surface area contributed by atoms with Crippen LogP contribution in [0.2, 0.25) is 0 Å². The fraction of sp³-hybridized carbons (Fsp3) is 0.300. The quantitative estimate of drug-likeness (QED) is 0.674. The molecule has 1 unspecified atom stereocenters. The van der Waals surface area contributed by atoms with Crippen molar-refractivity contribution in [3.8, 4) is 5.75 Å². The number of aromatic nitrogens is 1. The highest BCUT2D eigenvalue weighted by molar-refractivity contribution is 5.85. The molecule has 3 N–H and O–H groups in total. The summed E-state index contributed by atoms with van der Waals surface area (Å²) in [6.07, 6.45) is 3.55. The lowest BCUT2D eigenvalue weighted by molar-refractivity contribution is 0.451. The Balaban J connectivity index is 1.60. The lowest BCUT2D eigenvalue weighted by atomic mass is 9.91. The average Bonchev–Trinajstić information content (AvgIpc) is 2.93. The molecule has 1 atom stereocenters. The number of H-pyrrole nitrogens is 1. The van der Waals surface area contributed by atoms with Crippen molar-refractivity contribution in [1.29, 1.82) is 0 Å². The van der Waals surface area contributed by atoms with E-state index < -0.39 is 0 Å². The summed E-state index contributed by atoms with van der Waals surface area (Å²) in [4.78, 5) is 3.64. The van der Waals surface area contributed by atoms with Crippen molar-refractivity contribution in [1.82, 2.24) is 10.3 Å². The van der Waals surface area contributed by atoms with Gasteiger partial charge in [-0.05, 0) is 61.6 Å². The number of hydrogen-bond donors (Lipinski definition) is 3. The summed E-state index contributed by atoms with van der Waals surface area (Å²) in [5.74, 6) is 0.319. The minimum atomic E-state index is 0.319. The molecule has 0 saturated heterocycles. The molecule has 0 amide bonds. The number of rotatable bonds is 3. The molecule has 0 aliphatic heterocycles. The molecule has 3 aromatic rings. The van der Waals surface area contributed by atoms with E-state index in [1.165, 1.54) is 39.7 Å². The van der Waals surface area contributed by atoms with Gasteiger partial charge in [0.25, 0.3) is 0 Å². The molecule has 0 bridgehead atoms. The Labute approximate surface area is 136 Å². The predicted octanol–water partition coefficient (Wildman–Crippen LogP) is 4.35. The number of aryl methyl sites for hydroxylation is 2. The molecule has 0 saturated carbocycles. The molecule has 0 radical (unpaired) electrons. The van der Waals surface area contributed by atoms with Gasteiger partial charge in [0.15, 0.2) is 0 Å². The Morgan fingerprint density at radius 1 is 1.17 bits per heavy atom. The maximum Gasteiger partial charge on any atom is 0.115 e. The maximum atomic E-state index is 9.38. The normalized spacial score (nSPS) is 17.3.